The summed E-state index contributed by atoms with van der Waals surface area (Å²) in [6, 6.07) is 11.4. The summed E-state index contributed by atoms with van der Waals surface area (Å²) < 4.78 is 0. The fourth-order valence-corrected chi connectivity index (χ4v) is 2.99. The van der Waals surface area contributed by atoms with E-state index in [1.54, 1.807) is 0 Å². The Kier molecular flexibility index (Phi) is 5.17. The fraction of sp³-hybridized carbons (Fsp3) is 0.600. The number of aliphatic hydroxyl groups is 2. The van der Waals surface area contributed by atoms with E-state index in [9.17, 15) is 0 Å². The molecule has 2 rings (SSSR count). The maximum atomic E-state index is 9.15. The van der Waals surface area contributed by atoms with Crippen LogP contribution in [0.5, 0.6) is 0 Å². The molecule has 1 aliphatic rings. The van der Waals surface area contributed by atoms with Gasteiger partial charge in [-0.25, -0.2) is 0 Å². The molecule has 0 unspecified atom stereocenters. The van der Waals surface area contributed by atoms with Crippen molar-refractivity contribution in [1.29, 1.82) is 0 Å². The molecule has 0 aliphatic carbocycles. The zero-order chi connectivity index (χ0) is 12.8. The maximum Gasteiger partial charge on any atom is 0.0445 e. The molecule has 0 bridgehead atoms. The summed E-state index contributed by atoms with van der Waals surface area (Å²) in [5.74, 6) is 0. The lowest BCUT2D eigenvalue weighted by molar-refractivity contribution is 0.131. The van der Waals surface area contributed by atoms with Crippen LogP contribution in [0.2, 0.25) is 0 Å². The molecular formula is C15H23NO2. The molecule has 3 heteroatoms. The van der Waals surface area contributed by atoms with Crippen molar-refractivity contribution in [2.45, 2.75) is 44.3 Å². The fourth-order valence-electron chi connectivity index (χ4n) is 2.99. The quantitative estimate of drug-likeness (QED) is 0.808. The lowest BCUT2D eigenvalue weighted by Gasteiger charge is -2.30. The molecule has 0 amide bonds. The molecule has 1 aromatic rings. The third-order valence-electron chi connectivity index (χ3n) is 3.90. The molecule has 1 heterocycles. The third-order valence-corrected chi connectivity index (χ3v) is 3.90. The normalized spacial score (nSPS) is 24.6. The highest BCUT2D eigenvalue weighted by molar-refractivity contribution is 5.15. The predicted octanol–water partition coefficient (Wildman–Crippen LogP) is 1.78. The standard InChI is InChI=1S/C15H23NO2/c17-10-8-14-6-7-15(9-11-18)16(14)12-13-4-2-1-3-5-13/h1-5,14-15,17-18H,6-12H2/t14-,15+. The second-order valence-electron chi connectivity index (χ2n) is 5.07. The summed E-state index contributed by atoms with van der Waals surface area (Å²) in [5.41, 5.74) is 1.31. The lowest BCUT2D eigenvalue weighted by atomic mass is 10.1. The highest BCUT2D eigenvalue weighted by Crippen LogP contribution is 2.29. The van der Waals surface area contributed by atoms with Gasteiger partial charge in [-0.2, -0.15) is 0 Å². The van der Waals surface area contributed by atoms with E-state index in [1.807, 2.05) is 6.07 Å². The number of likely N-dealkylation sites (tertiary alicyclic amines) is 1. The van der Waals surface area contributed by atoms with Crippen LogP contribution in [0.1, 0.15) is 31.2 Å². The van der Waals surface area contributed by atoms with Crippen molar-refractivity contribution in [3.63, 3.8) is 0 Å². The van der Waals surface area contributed by atoms with Gasteiger partial charge in [0.25, 0.3) is 0 Å². The minimum Gasteiger partial charge on any atom is -0.396 e. The van der Waals surface area contributed by atoms with Crippen LogP contribution < -0.4 is 0 Å². The smallest absolute Gasteiger partial charge is 0.0445 e. The van der Waals surface area contributed by atoms with E-state index in [0.29, 0.717) is 12.1 Å². The first-order valence-corrected chi connectivity index (χ1v) is 6.86. The molecular weight excluding hydrogens is 226 g/mol. The molecule has 100 valence electrons. The average Bonchev–Trinajstić information content (AvgIpc) is 2.75. The molecule has 0 saturated carbocycles. The van der Waals surface area contributed by atoms with Gasteiger partial charge in [0.1, 0.15) is 0 Å². The molecule has 0 spiro atoms. The van der Waals surface area contributed by atoms with Gasteiger partial charge < -0.3 is 10.2 Å². The molecule has 18 heavy (non-hydrogen) atoms. The van der Waals surface area contributed by atoms with Crippen molar-refractivity contribution in [2.24, 2.45) is 0 Å². The topological polar surface area (TPSA) is 43.7 Å². The van der Waals surface area contributed by atoms with Gasteiger partial charge in [-0.1, -0.05) is 30.3 Å². The molecule has 2 atom stereocenters. The van der Waals surface area contributed by atoms with Gasteiger partial charge in [0, 0.05) is 31.8 Å². The van der Waals surface area contributed by atoms with Crippen LogP contribution in [0.4, 0.5) is 0 Å². The van der Waals surface area contributed by atoms with Gasteiger partial charge in [0.15, 0.2) is 0 Å². The monoisotopic (exact) mass is 249 g/mol. The van der Waals surface area contributed by atoms with Crippen molar-refractivity contribution < 1.29 is 10.2 Å². The molecule has 1 aliphatic heterocycles. The zero-order valence-electron chi connectivity index (χ0n) is 10.8. The van der Waals surface area contributed by atoms with E-state index in [0.717, 1.165) is 32.2 Å². The molecule has 1 fully saturated rings. The van der Waals surface area contributed by atoms with Gasteiger partial charge in [-0.15, -0.1) is 0 Å². The Balaban J connectivity index is 2.03. The Morgan fingerprint density at radius 2 is 1.50 bits per heavy atom. The predicted molar refractivity (Wildman–Crippen MR) is 72.2 cm³/mol. The summed E-state index contributed by atoms with van der Waals surface area (Å²) in [4.78, 5) is 2.46. The van der Waals surface area contributed by atoms with Crippen LogP contribution >= 0.6 is 0 Å². The van der Waals surface area contributed by atoms with Crippen molar-refractivity contribution in [1.82, 2.24) is 4.90 Å². The van der Waals surface area contributed by atoms with Crippen molar-refractivity contribution in [3.8, 4) is 0 Å². The van der Waals surface area contributed by atoms with Gasteiger partial charge in [-0.05, 0) is 31.2 Å². The summed E-state index contributed by atoms with van der Waals surface area (Å²) in [6.07, 6.45) is 3.96. The van der Waals surface area contributed by atoms with Crippen molar-refractivity contribution >= 4 is 0 Å². The van der Waals surface area contributed by atoms with Crippen molar-refractivity contribution in [3.05, 3.63) is 35.9 Å². The zero-order valence-corrected chi connectivity index (χ0v) is 10.8. The summed E-state index contributed by atoms with van der Waals surface area (Å²) in [5, 5.41) is 18.3. The Bertz CT molecular complexity index is 328. The van der Waals surface area contributed by atoms with E-state index < -0.39 is 0 Å². The second kappa shape index (κ2) is 6.88. The van der Waals surface area contributed by atoms with Crippen LogP contribution in [-0.4, -0.2) is 40.4 Å². The highest BCUT2D eigenvalue weighted by atomic mass is 16.3. The van der Waals surface area contributed by atoms with E-state index in [2.05, 4.69) is 29.2 Å². The van der Waals surface area contributed by atoms with Crippen LogP contribution in [0, 0.1) is 0 Å². The summed E-state index contributed by atoms with van der Waals surface area (Å²) >= 11 is 0. The average molecular weight is 249 g/mol. The molecule has 1 aromatic carbocycles. The number of nitrogens with zero attached hydrogens (tertiary/aromatic N) is 1. The number of benzene rings is 1. The first-order chi connectivity index (χ1) is 8.85. The van der Waals surface area contributed by atoms with Gasteiger partial charge in [0.05, 0.1) is 0 Å². The van der Waals surface area contributed by atoms with Crippen LogP contribution in [0.15, 0.2) is 30.3 Å². The molecule has 1 saturated heterocycles. The second-order valence-corrected chi connectivity index (χ2v) is 5.07. The Morgan fingerprint density at radius 3 is 2.00 bits per heavy atom. The van der Waals surface area contributed by atoms with Gasteiger partial charge in [-0.3, -0.25) is 4.90 Å². The molecule has 0 aromatic heterocycles. The third kappa shape index (κ3) is 3.31. The van der Waals surface area contributed by atoms with Crippen LogP contribution in [0.25, 0.3) is 0 Å². The van der Waals surface area contributed by atoms with Crippen LogP contribution in [-0.2, 0) is 6.54 Å². The van der Waals surface area contributed by atoms with Gasteiger partial charge in [0.2, 0.25) is 0 Å². The molecule has 0 radical (unpaired) electrons. The van der Waals surface area contributed by atoms with Crippen molar-refractivity contribution in [2.75, 3.05) is 13.2 Å². The maximum absolute atomic E-state index is 9.15. The Hall–Kier alpha value is -0.900. The summed E-state index contributed by atoms with van der Waals surface area (Å²) in [6.45, 7) is 1.43. The Labute approximate surface area is 109 Å². The number of aliphatic hydroxyl groups excluding tert-OH is 2. The van der Waals surface area contributed by atoms with E-state index in [-0.39, 0.29) is 13.2 Å². The first-order valence-electron chi connectivity index (χ1n) is 6.86. The van der Waals surface area contributed by atoms with Crippen LogP contribution in [0.3, 0.4) is 0 Å². The minimum absolute atomic E-state index is 0.252. The van der Waals surface area contributed by atoms with E-state index >= 15 is 0 Å². The lowest BCUT2D eigenvalue weighted by Crippen LogP contribution is -2.36. The van der Waals surface area contributed by atoms with E-state index in [1.165, 1.54) is 5.56 Å². The Morgan fingerprint density at radius 1 is 0.944 bits per heavy atom. The number of hydrogen-bond acceptors (Lipinski definition) is 3. The first kappa shape index (κ1) is 13.5. The number of rotatable bonds is 6. The largest absolute Gasteiger partial charge is 0.396 e. The highest BCUT2D eigenvalue weighted by Gasteiger charge is 2.32. The van der Waals surface area contributed by atoms with E-state index in [4.69, 9.17) is 10.2 Å². The molecule has 2 N–H and O–H groups in total. The molecule has 3 nitrogen and oxygen atoms in total. The van der Waals surface area contributed by atoms with Gasteiger partial charge >= 0.3 is 0 Å². The minimum atomic E-state index is 0.252. The number of hydrogen-bond donors (Lipinski definition) is 2. The summed E-state index contributed by atoms with van der Waals surface area (Å²) in [7, 11) is 0. The SMILES string of the molecule is OCC[C@@H]1CC[C@H](CCO)N1Cc1ccccc1.